The van der Waals surface area contributed by atoms with E-state index in [1.165, 1.54) is 0 Å². The van der Waals surface area contributed by atoms with Gasteiger partial charge >= 0.3 is 6.09 Å². The first-order valence-corrected chi connectivity index (χ1v) is 11.1. The predicted octanol–water partition coefficient (Wildman–Crippen LogP) is 4.95. The van der Waals surface area contributed by atoms with Gasteiger partial charge in [0.15, 0.2) is 0 Å². The summed E-state index contributed by atoms with van der Waals surface area (Å²) in [6.07, 6.45) is 2.69. The van der Waals surface area contributed by atoms with Gasteiger partial charge in [-0.3, -0.25) is 4.79 Å². The number of ether oxygens (including phenoxy) is 1. The molecule has 0 saturated carbocycles. The Bertz CT molecular complexity index is 670. The van der Waals surface area contributed by atoms with E-state index < -0.39 is 5.60 Å². The SMILES string of the molecule is CC(C)Sc1ccccc1C(=O)NCCC1CCCN(C(=O)OC(C)(C)C)C1. The minimum atomic E-state index is -0.473. The molecule has 1 aliphatic heterocycles. The molecule has 0 bridgehead atoms. The highest BCUT2D eigenvalue weighted by atomic mass is 32.2. The minimum absolute atomic E-state index is 0.0245. The van der Waals surface area contributed by atoms with Crippen LogP contribution in [0.3, 0.4) is 0 Å². The summed E-state index contributed by atoms with van der Waals surface area (Å²) in [6.45, 7) is 12.0. The number of nitrogens with one attached hydrogen (secondary N) is 1. The number of hydrogen-bond acceptors (Lipinski definition) is 4. The lowest BCUT2D eigenvalue weighted by Crippen LogP contribution is -2.43. The first-order chi connectivity index (χ1) is 13.2. The molecule has 0 spiro atoms. The van der Waals surface area contributed by atoms with Crippen molar-refractivity contribution < 1.29 is 14.3 Å². The lowest BCUT2D eigenvalue weighted by molar-refractivity contribution is 0.0161. The van der Waals surface area contributed by atoms with E-state index in [0.717, 1.165) is 36.3 Å². The average Bonchev–Trinajstić information content (AvgIpc) is 2.60. The topological polar surface area (TPSA) is 58.6 Å². The van der Waals surface area contributed by atoms with E-state index in [0.29, 0.717) is 24.3 Å². The first-order valence-electron chi connectivity index (χ1n) is 10.2. The summed E-state index contributed by atoms with van der Waals surface area (Å²) in [5.74, 6) is 0.366. The first kappa shape index (κ1) is 22.6. The Balaban J connectivity index is 1.83. The summed E-state index contributed by atoms with van der Waals surface area (Å²) in [4.78, 5) is 27.7. The van der Waals surface area contributed by atoms with E-state index in [4.69, 9.17) is 4.74 Å². The van der Waals surface area contributed by atoms with Crippen LogP contribution >= 0.6 is 11.8 Å². The maximum absolute atomic E-state index is 12.6. The second kappa shape index (κ2) is 10.2. The van der Waals surface area contributed by atoms with Crippen LogP contribution in [0.4, 0.5) is 4.79 Å². The highest BCUT2D eigenvalue weighted by Gasteiger charge is 2.27. The molecule has 2 amide bonds. The standard InChI is InChI=1S/C22H34N2O3S/c1-16(2)28-19-11-7-6-10-18(19)20(25)23-13-12-17-9-8-14-24(15-17)21(26)27-22(3,4)5/h6-7,10-11,16-17H,8-9,12-15H2,1-5H3,(H,23,25). The van der Waals surface area contributed by atoms with Crippen molar-refractivity contribution in [3.05, 3.63) is 29.8 Å². The third-order valence-corrected chi connectivity index (χ3v) is 5.58. The van der Waals surface area contributed by atoms with E-state index in [1.807, 2.05) is 45.0 Å². The van der Waals surface area contributed by atoms with Crippen LogP contribution in [-0.4, -0.2) is 47.4 Å². The summed E-state index contributed by atoms with van der Waals surface area (Å²) in [6, 6.07) is 7.75. The highest BCUT2D eigenvalue weighted by molar-refractivity contribution is 8.00. The third kappa shape index (κ3) is 7.38. The van der Waals surface area contributed by atoms with Gasteiger partial charge in [-0.05, 0) is 58.1 Å². The number of nitrogens with zero attached hydrogens (tertiary/aromatic N) is 1. The van der Waals surface area contributed by atoms with Crippen LogP contribution in [0.15, 0.2) is 29.2 Å². The van der Waals surface area contributed by atoms with Gasteiger partial charge in [-0.2, -0.15) is 0 Å². The van der Waals surface area contributed by atoms with E-state index in [1.54, 1.807) is 16.7 Å². The molecule has 1 heterocycles. The molecule has 1 saturated heterocycles. The summed E-state index contributed by atoms with van der Waals surface area (Å²) < 4.78 is 5.49. The predicted molar refractivity (Wildman–Crippen MR) is 115 cm³/mol. The van der Waals surface area contributed by atoms with Crippen LogP contribution in [0.25, 0.3) is 0 Å². The van der Waals surface area contributed by atoms with Gasteiger partial charge in [0, 0.05) is 29.8 Å². The number of carbonyl (C=O) groups is 2. The molecule has 0 radical (unpaired) electrons. The lowest BCUT2D eigenvalue weighted by Gasteiger charge is -2.34. The number of rotatable bonds is 6. The number of likely N-dealkylation sites (tertiary alicyclic amines) is 1. The second-order valence-electron chi connectivity index (χ2n) is 8.64. The molecular weight excluding hydrogens is 372 g/mol. The van der Waals surface area contributed by atoms with Crippen molar-refractivity contribution in [2.45, 2.75) is 69.6 Å². The van der Waals surface area contributed by atoms with Crippen LogP contribution in [-0.2, 0) is 4.74 Å². The van der Waals surface area contributed by atoms with Crippen LogP contribution in [0.1, 0.15) is 64.2 Å². The zero-order valence-corrected chi connectivity index (χ0v) is 18.6. The molecule has 1 atom stereocenters. The Morgan fingerprint density at radius 2 is 2.00 bits per heavy atom. The molecule has 1 aromatic carbocycles. The van der Waals surface area contributed by atoms with Crippen molar-refractivity contribution >= 4 is 23.8 Å². The van der Waals surface area contributed by atoms with Gasteiger partial charge in [-0.1, -0.05) is 26.0 Å². The van der Waals surface area contributed by atoms with Gasteiger partial charge in [-0.15, -0.1) is 11.8 Å². The number of amides is 2. The van der Waals surface area contributed by atoms with Gasteiger partial charge in [0.2, 0.25) is 0 Å². The Kier molecular flexibility index (Phi) is 8.23. The highest BCUT2D eigenvalue weighted by Crippen LogP contribution is 2.26. The minimum Gasteiger partial charge on any atom is -0.444 e. The molecule has 1 fully saturated rings. The molecule has 5 nitrogen and oxygen atoms in total. The lowest BCUT2D eigenvalue weighted by atomic mass is 9.95. The summed E-state index contributed by atoms with van der Waals surface area (Å²) >= 11 is 1.70. The van der Waals surface area contributed by atoms with Crippen LogP contribution in [0.5, 0.6) is 0 Å². The van der Waals surface area contributed by atoms with Gasteiger partial charge in [0.25, 0.3) is 5.91 Å². The van der Waals surface area contributed by atoms with Gasteiger partial charge in [0.1, 0.15) is 5.60 Å². The summed E-state index contributed by atoms with van der Waals surface area (Å²) in [5, 5.41) is 3.48. The van der Waals surface area contributed by atoms with E-state index in [9.17, 15) is 9.59 Å². The number of thioether (sulfide) groups is 1. The number of hydrogen-bond donors (Lipinski definition) is 1. The Morgan fingerprint density at radius 3 is 2.68 bits per heavy atom. The van der Waals surface area contributed by atoms with Crippen molar-refractivity contribution in [3.63, 3.8) is 0 Å². The fourth-order valence-corrected chi connectivity index (χ4v) is 4.24. The van der Waals surface area contributed by atoms with Crippen LogP contribution in [0.2, 0.25) is 0 Å². The molecule has 156 valence electrons. The van der Waals surface area contributed by atoms with Crippen molar-refractivity contribution in [2.75, 3.05) is 19.6 Å². The molecule has 1 aliphatic rings. The Morgan fingerprint density at radius 1 is 1.29 bits per heavy atom. The molecule has 0 aromatic heterocycles. The number of piperidine rings is 1. The molecule has 6 heteroatoms. The largest absolute Gasteiger partial charge is 0.444 e. The summed E-state index contributed by atoms with van der Waals surface area (Å²) in [7, 11) is 0. The Hall–Kier alpha value is -1.69. The maximum Gasteiger partial charge on any atom is 0.410 e. The average molecular weight is 407 g/mol. The smallest absolute Gasteiger partial charge is 0.410 e. The third-order valence-electron chi connectivity index (χ3n) is 4.50. The van der Waals surface area contributed by atoms with Gasteiger partial charge < -0.3 is 15.0 Å². The van der Waals surface area contributed by atoms with Crippen molar-refractivity contribution in [1.82, 2.24) is 10.2 Å². The quantitative estimate of drug-likeness (QED) is 0.679. The van der Waals surface area contributed by atoms with Crippen LogP contribution < -0.4 is 5.32 Å². The number of carbonyl (C=O) groups excluding carboxylic acids is 2. The maximum atomic E-state index is 12.6. The summed E-state index contributed by atoms with van der Waals surface area (Å²) in [5.41, 5.74) is 0.263. The van der Waals surface area contributed by atoms with Crippen molar-refractivity contribution in [2.24, 2.45) is 5.92 Å². The second-order valence-corrected chi connectivity index (χ2v) is 10.3. The van der Waals surface area contributed by atoms with Crippen LogP contribution in [0, 0.1) is 5.92 Å². The molecule has 0 aliphatic carbocycles. The zero-order chi connectivity index (χ0) is 20.7. The molecule has 1 aromatic rings. The van der Waals surface area contributed by atoms with E-state index in [-0.39, 0.29) is 12.0 Å². The van der Waals surface area contributed by atoms with Gasteiger partial charge in [-0.25, -0.2) is 4.79 Å². The van der Waals surface area contributed by atoms with Crippen molar-refractivity contribution in [3.8, 4) is 0 Å². The molecular formula is C22H34N2O3S. The molecule has 2 rings (SSSR count). The fraction of sp³-hybridized carbons (Fsp3) is 0.636. The molecule has 1 unspecified atom stereocenters. The van der Waals surface area contributed by atoms with Gasteiger partial charge in [0.05, 0.1) is 5.56 Å². The monoisotopic (exact) mass is 406 g/mol. The normalized spacial score (nSPS) is 17.5. The Labute approximate surface area is 173 Å². The van der Waals surface area contributed by atoms with E-state index >= 15 is 0 Å². The molecule has 28 heavy (non-hydrogen) atoms. The van der Waals surface area contributed by atoms with E-state index in [2.05, 4.69) is 19.2 Å². The molecule has 1 N–H and O–H groups in total. The number of benzene rings is 1. The fourth-order valence-electron chi connectivity index (χ4n) is 3.29. The van der Waals surface area contributed by atoms with Crippen molar-refractivity contribution in [1.29, 1.82) is 0 Å². The zero-order valence-electron chi connectivity index (χ0n) is 17.8.